The Morgan fingerprint density at radius 2 is 1.24 bits per heavy atom. The van der Waals surface area contributed by atoms with Crippen LogP contribution < -0.4 is 0 Å². The van der Waals surface area contributed by atoms with Gasteiger partial charge in [-0.15, -0.1) is 0 Å². The van der Waals surface area contributed by atoms with E-state index in [1.54, 1.807) is 0 Å². The van der Waals surface area contributed by atoms with Crippen LogP contribution >= 0.6 is 0 Å². The molecule has 0 aromatic heterocycles. The monoisotopic (exact) mass is 280 g/mol. The first-order valence-corrected chi connectivity index (χ1v) is 8.09. The van der Waals surface area contributed by atoms with E-state index >= 15 is 0 Å². The van der Waals surface area contributed by atoms with Crippen molar-refractivity contribution < 1.29 is 0 Å². The van der Waals surface area contributed by atoms with Crippen LogP contribution in [0.15, 0.2) is 36.4 Å². The molecular formula is C21H28. The molecule has 0 nitrogen and oxygen atoms in total. The van der Waals surface area contributed by atoms with Crippen molar-refractivity contribution in [3.63, 3.8) is 0 Å². The minimum Gasteiger partial charge on any atom is -0.0648 e. The van der Waals surface area contributed by atoms with Crippen LogP contribution in [0.2, 0.25) is 0 Å². The molecule has 0 saturated heterocycles. The molecule has 2 aromatic rings. The molecule has 2 aromatic carbocycles. The van der Waals surface area contributed by atoms with Crippen LogP contribution in [0.3, 0.4) is 0 Å². The Morgan fingerprint density at radius 1 is 0.762 bits per heavy atom. The predicted octanol–water partition coefficient (Wildman–Crippen LogP) is 6.22. The van der Waals surface area contributed by atoms with Gasteiger partial charge in [0.05, 0.1) is 0 Å². The average Bonchev–Trinajstić information content (AvgIpc) is 2.47. The van der Waals surface area contributed by atoms with Gasteiger partial charge in [-0.2, -0.15) is 0 Å². The van der Waals surface area contributed by atoms with Gasteiger partial charge in [0.1, 0.15) is 0 Å². The van der Waals surface area contributed by atoms with E-state index in [0.29, 0.717) is 11.8 Å². The first-order valence-electron chi connectivity index (χ1n) is 8.09. The van der Waals surface area contributed by atoms with Gasteiger partial charge >= 0.3 is 0 Å². The molecule has 0 fully saturated rings. The Kier molecular flexibility index (Phi) is 4.88. The lowest BCUT2D eigenvalue weighted by Gasteiger charge is -2.27. The molecule has 0 heterocycles. The molecular weight excluding hydrogens is 252 g/mol. The van der Waals surface area contributed by atoms with Crippen molar-refractivity contribution in [3.8, 4) is 0 Å². The molecule has 112 valence electrons. The Hall–Kier alpha value is -1.56. The quantitative estimate of drug-likeness (QED) is 0.624. The highest BCUT2D eigenvalue weighted by Gasteiger charge is 2.22. The Labute approximate surface area is 130 Å². The number of hydrogen-bond acceptors (Lipinski definition) is 0. The molecule has 2 atom stereocenters. The van der Waals surface area contributed by atoms with Gasteiger partial charge in [0.15, 0.2) is 0 Å². The SMILES string of the molecule is CCC(c1cccc(C)c1C)C(C)c1cccc(C)c1C. The van der Waals surface area contributed by atoms with E-state index in [9.17, 15) is 0 Å². The van der Waals surface area contributed by atoms with Crippen molar-refractivity contribution in [3.05, 3.63) is 69.8 Å². The summed E-state index contributed by atoms with van der Waals surface area (Å²) in [5.41, 5.74) is 8.73. The van der Waals surface area contributed by atoms with Crippen LogP contribution in [0.1, 0.15) is 65.5 Å². The second-order valence-corrected chi connectivity index (χ2v) is 6.38. The molecule has 2 unspecified atom stereocenters. The fourth-order valence-electron chi connectivity index (χ4n) is 3.50. The second kappa shape index (κ2) is 6.47. The summed E-state index contributed by atoms with van der Waals surface area (Å²) in [6.07, 6.45) is 1.18. The fourth-order valence-corrected chi connectivity index (χ4v) is 3.50. The van der Waals surface area contributed by atoms with E-state index in [1.807, 2.05) is 0 Å². The van der Waals surface area contributed by atoms with E-state index in [0.717, 1.165) is 0 Å². The van der Waals surface area contributed by atoms with Crippen molar-refractivity contribution in [2.75, 3.05) is 0 Å². The third-order valence-electron chi connectivity index (χ3n) is 5.23. The van der Waals surface area contributed by atoms with Crippen LogP contribution in [-0.2, 0) is 0 Å². The highest BCUT2D eigenvalue weighted by Crippen LogP contribution is 2.38. The fraction of sp³-hybridized carbons (Fsp3) is 0.429. The molecule has 0 bridgehead atoms. The molecule has 0 saturated carbocycles. The number of hydrogen-bond donors (Lipinski definition) is 0. The molecule has 0 spiro atoms. The highest BCUT2D eigenvalue weighted by atomic mass is 14.3. The standard InChI is InChI=1S/C21H28/c1-7-19(21-13-9-11-15(3)17(21)5)18(6)20-12-8-10-14(2)16(20)4/h8-13,18-19H,7H2,1-6H3. The van der Waals surface area contributed by atoms with Crippen LogP contribution in [0.5, 0.6) is 0 Å². The lowest BCUT2D eigenvalue weighted by Crippen LogP contribution is -2.11. The summed E-state index contributed by atoms with van der Waals surface area (Å²) < 4.78 is 0. The molecule has 0 heteroatoms. The second-order valence-electron chi connectivity index (χ2n) is 6.38. The smallest absolute Gasteiger partial charge is 0.00955 e. The summed E-state index contributed by atoms with van der Waals surface area (Å²) in [6, 6.07) is 13.5. The summed E-state index contributed by atoms with van der Waals surface area (Å²) >= 11 is 0. The summed E-state index contributed by atoms with van der Waals surface area (Å²) in [7, 11) is 0. The Morgan fingerprint density at radius 3 is 1.76 bits per heavy atom. The first-order chi connectivity index (χ1) is 9.97. The largest absolute Gasteiger partial charge is 0.0648 e. The Bertz CT molecular complexity index is 622. The molecule has 0 aliphatic carbocycles. The zero-order valence-electron chi connectivity index (χ0n) is 14.3. The van der Waals surface area contributed by atoms with E-state index in [2.05, 4.69) is 77.9 Å². The van der Waals surface area contributed by atoms with E-state index in [1.165, 1.54) is 39.8 Å². The average molecular weight is 280 g/mol. The third kappa shape index (κ3) is 3.05. The van der Waals surface area contributed by atoms with Crippen LogP contribution in [-0.4, -0.2) is 0 Å². The first kappa shape index (κ1) is 15.8. The molecule has 2 rings (SSSR count). The minimum atomic E-state index is 0.551. The summed E-state index contributed by atoms with van der Waals surface area (Å²) in [4.78, 5) is 0. The maximum absolute atomic E-state index is 2.39. The molecule has 21 heavy (non-hydrogen) atoms. The maximum Gasteiger partial charge on any atom is -0.00955 e. The predicted molar refractivity (Wildman–Crippen MR) is 93.3 cm³/mol. The van der Waals surface area contributed by atoms with Crippen molar-refractivity contribution in [1.82, 2.24) is 0 Å². The zero-order chi connectivity index (χ0) is 15.6. The number of rotatable bonds is 4. The zero-order valence-corrected chi connectivity index (χ0v) is 14.3. The van der Waals surface area contributed by atoms with Gasteiger partial charge in [-0.3, -0.25) is 0 Å². The molecule has 0 amide bonds. The molecule has 0 radical (unpaired) electrons. The number of aryl methyl sites for hydroxylation is 2. The van der Waals surface area contributed by atoms with E-state index in [4.69, 9.17) is 0 Å². The van der Waals surface area contributed by atoms with E-state index < -0.39 is 0 Å². The topological polar surface area (TPSA) is 0 Å². The van der Waals surface area contributed by atoms with Gasteiger partial charge in [-0.05, 0) is 79.3 Å². The number of benzene rings is 2. The molecule has 0 aliphatic heterocycles. The van der Waals surface area contributed by atoms with Crippen molar-refractivity contribution in [1.29, 1.82) is 0 Å². The van der Waals surface area contributed by atoms with Crippen LogP contribution in [0.4, 0.5) is 0 Å². The van der Waals surface area contributed by atoms with Crippen LogP contribution in [0, 0.1) is 27.7 Å². The summed E-state index contributed by atoms with van der Waals surface area (Å²) in [6.45, 7) is 13.7. The van der Waals surface area contributed by atoms with Gasteiger partial charge in [0.2, 0.25) is 0 Å². The lowest BCUT2D eigenvalue weighted by atomic mass is 9.77. The highest BCUT2D eigenvalue weighted by molar-refractivity contribution is 5.41. The van der Waals surface area contributed by atoms with Gasteiger partial charge in [-0.25, -0.2) is 0 Å². The summed E-state index contributed by atoms with van der Waals surface area (Å²) in [5, 5.41) is 0. The van der Waals surface area contributed by atoms with Crippen LogP contribution in [0.25, 0.3) is 0 Å². The van der Waals surface area contributed by atoms with Gasteiger partial charge < -0.3 is 0 Å². The third-order valence-corrected chi connectivity index (χ3v) is 5.23. The van der Waals surface area contributed by atoms with Crippen molar-refractivity contribution in [2.45, 2.75) is 59.8 Å². The summed E-state index contributed by atoms with van der Waals surface area (Å²) in [5.74, 6) is 1.14. The van der Waals surface area contributed by atoms with E-state index in [-0.39, 0.29) is 0 Å². The van der Waals surface area contributed by atoms with Crippen molar-refractivity contribution in [2.24, 2.45) is 0 Å². The van der Waals surface area contributed by atoms with Gasteiger partial charge in [0, 0.05) is 0 Å². The molecule has 0 N–H and O–H groups in total. The minimum absolute atomic E-state index is 0.551. The maximum atomic E-state index is 2.39. The Balaban J connectivity index is 2.46. The lowest BCUT2D eigenvalue weighted by molar-refractivity contribution is 0.554. The molecule has 0 aliphatic rings. The van der Waals surface area contributed by atoms with Crippen molar-refractivity contribution >= 4 is 0 Å². The van der Waals surface area contributed by atoms with Gasteiger partial charge in [-0.1, -0.05) is 50.2 Å². The van der Waals surface area contributed by atoms with Gasteiger partial charge in [0.25, 0.3) is 0 Å². The normalized spacial score (nSPS) is 14.0.